The molecule has 0 aliphatic heterocycles. The summed E-state index contributed by atoms with van der Waals surface area (Å²) >= 11 is 0. The molecule has 3 nitrogen and oxygen atoms in total. The molecule has 3 heteroatoms. The van der Waals surface area contributed by atoms with Crippen molar-refractivity contribution < 1.29 is 4.79 Å². The van der Waals surface area contributed by atoms with Gasteiger partial charge in [-0.05, 0) is 48.8 Å². The Bertz CT molecular complexity index is 579. The molecule has 1 fully saturated rings. The molecule has 0 radical (unpaired) electrons. The first kappa shape index (κ1) is 13.8. The monoisotopic (exact) mass is 280 g/mol. The van der Waals surface area contributed by atoms with E-state index < -0.39 is 0 Å². The van der Waals surface area contributed by atoms with E-state index in [-0.39, 0.29) is 5.91 Å². The lowest BCUT2D eigenvalue weighted by Crippen LogP contribution is -2.26. The second kappa shape index (κ2) is 6.53. The number of carbonyl (C=O) groups is 1. The lowest BCUT2D eigenvalue weighted by molar-refractivity contribution is 0.0952. The van der Waals surface area contributed by atoms with Gasteiger partial charge in [0.25, 0.3) is 5.91 Å². The van der Waals surface area contributed by atoms with E-state index in [1.807, 2.05) is 0 Å². The average molecular weight is 280 g/mol. The number of carbonyl (C=O) groups excluding carboxylic acids is 1. The molecule has 1 aliphatic carbocycles. The fraction of sp³-hybridized carbons (Fsp3) is 0.333. The van der Waals surface area contributed by atoms with Crippen LogP contribution < -0.4 is 5.32 Å². The van der Waals surface area contributed by atoms with Crippen LogP contribution in [0.5, 0.6) is 0 Å². The van der Waals surface area contributed by atoms with Crippen LogP contribution in [0.2, 0.25) is 0 Å². The summed E-state index contributed by atoms with van der Waals surface area (Å²) in [5.41, 5.74) is 2.02. The summed E-state index contributed by atoms with van der Waals surface area (Å²) in [4.78, 5) is 16.0. The molecule has 1 heterocycles. The van der Waals surface area contributed by atoms with Gasteiger partial charge in [-0.25, -0.2) is 0 Å². The Kier molecular flexibility index (Phi) is 4.29. The number of rotatable bonds is 6. The Balaban J connectivity index is 1.55. The third-order valence-corrected chi connectivity index (χ3v) is 4.08. The fourth-order valence-electron chi connectivity index (χ4n) is 2.81. The number of pyridine rings is 1. The topological polar surface area (TPSA) is 42.0 Å². The molecule has 108 valence electrons. The molecule has 1 atom stereocenters. The molecule has 1 N–H and O–H groups in total. The van der Waals surface area contributed by atoms with Crippen molar-refractivity contribution in [2.24, 2.45) is 5.92 Å². The van der Waals surface area contributed by atoms with Crippen LogP contribution in [0.1, 0.15) is 41.1 Å². The molecule has 1 unspecified atom stereocenters. The fourth-order valence-corrected chi connectivity index (χ4v) is 2.81. The molecule has 1 saturated carbocycles. The second-order valence-corrected chi connectivity index (χ2v) is 5.64. The summed E-state index contributed by atoms with van der Waals surface area (Å²) in [6.45, 7) is 0.712. The van der Waals surface area contributed by atoms with Gasteiger partial charge in [-0.3, -0.25) is 9.78 Å². The van der Waals surface area contributed by atoms with Crippen LogP contribution in [0.15, 0.2) is 54.9 Å². The molecule has 0 bridgehead atoms. The van der Waals surface area contributed by atoms with Crippen molar-refractivity contribution in [3.05, 3.63) is 66.0 Å². The number of nitrogens with one attached hydrogen (secondary N) is 1. The Morgan fingerprint density at radius 1 is 1.19 bits per heavy atom. The van der Waals surface area contributed by atoms with Crippen LogP contribution in [0.3, 0.4) is 0 Å². The summed E-state index contributed by atoms with van der Waals surface area (Å²) in [6.07, 6.45) is 6.91. The Morgan fingerprint density at radius 2 is 2.00 bits per heavy atom. The van der Waals surface area contributed by atoms with Gasteiger partial charge in [0.05, 0.1) is 5.56 Å². The summed E-state index contributed by atoms with van der Waals surface area (Å²) in [5, 5.41) is 3.00. The molecule has 1 aromatic heterocycles. The summed E-state index contributed by atoms with van der Waals surface area (Å²) in [7, 11) is 0. The van der Waals surface area contributed by atoms with Gasteiger partial charge in [0.1, 0.15) is 0 Å². The molecule has 2 aromatic rings. The van der Waals surface area contributed by atoms with E-state index in [9.17, 15) is 4.79 Å². The minimum Gasteiger partial charge on any atom is -0.352 e. The minimum absolute atomic E-state index is 0.0364. The Morgan fingerprint density at radius 3 is 2.67 bits per heavy atom. The minimum atomic E-state index is -0.0364. The Hall–Kier alpha value is -2.16. The van der Waals surface area contributed by atoms with Crippen molar-refractivity contribution in [2.75, 3.05) is 6.54 Å². The predicted molar refractivity (Wildman–Crippen MR) is 83.1 cm³/mol. The zero-order chi connectivity index (χ0) is 14.5. The highest BCUT2D eigenvalue weighted by Gasteiger charge is 2.31. The lowest BCUT2D eigenvalue weighted by atomic mass is 9.91. The maximum Gasteiger partial charge on any atom is 0.252 e. The summed E-state index contributed by atoms with van der Waals surface area (Å²) in [5.74, 6) is 1.33. The summed E-state index contributed by atoms with van der Waals surface area (Å²) < 4.78 is 0. The Labute approximate surface area is 125 Å². The first-order valence-electron chi connectivity index (χ1n) is 7.58. The number of hydrogen-bond donors (Lipinski definition) is 1. The molecule has 1 amide bonds. The van der Waals surface area contributed by atoms with E-state index >= 15 is 0 Å². The van der Waals surface area contributed by atoms with Gasteiger partial charge in [-0.1, -0.05) is 30.3 Å². The van der Waals surface area contributed by atoms with Crippen LogP contribution in [0.4, 0.5) is 0 Å². The third kappa shape index (κ3) is 3.69. The standard InChI is InChI=1S/C18H20N2O/c21-18(16-7-4-11-19-13-16)20-12-10-17(15-8-9-15)14-5-2-1-3-6-14/h1-7,11,13,15,17H,8-10,12H2,(H,20,21). The van der Waals surface area contributed by atoms with Gasteiger partial charge >= 0.3 is 0 Å². The quantitative estimate of drug-likeness (QED) is 0.881. The van der Waals surface area contributed by atoms with Crippen LogP contribution in [-0.2, 0) is 0 Å². The van der Waals surface area contributed by atoms with Crippen molar-refractivity contribution in [1.29, 1.82) is 0 Å². The number of nitrogens with zero attached hydrogens (tertiary/aromatic N) is 1. The first-order chi connectivity index (χ1) is 10.3. The highest BCUT2D eigenvalue weighted by atomic mass is 16.1. The largest absolute Gasteiger partial charge is 0.352 e. The highest BCUT2D eigenvalue weighted by molar-refractivity contribution is 5.93. The average Bonchev–Trinajstić information content (AvgIpc) is 3.38. The molecular weight excluding hydrogens is 260 g/mol. The highest BCUT2D eigenvalue weighted by Crippen LogP contribution is 2.44. The number of hydrogen-bond acceptors (Lipinski definition) is 2. The van der Waals surface area contributed by atoms with Gasteiger partial charge < -0.3 is 5.32 Å². The van der Waals surface area contributed by atoms with Crippen molar-refractivity contribution >= 4 is 5.91 Å². The van der Waals surface area contributed by atoms with Gasteiger partial charge in [0, 0.05) is 18.9 Å². The van der Waals surface area contributed by atoms with Crippen LogP contribution in [-0.4, -0.2) is 17.4 Å². The molecule has 0 saturated heterocycles. The van der Waals surface area contributed by atoms with Crippen LogP contribution >= 0.6 is 0 Å². The van der Waals surface area contributed by atoms with Gasteiger partial charge in [-0.15, -0.1) is 0 Å². The van der Waals surface area contributed by atoms with Crippen molar-refractivity contribution in [3.63, 3.8) is 0 Å². The third-order valence-electron chi connectivity index (χ3n) is 4.08. The van der Waals surface area contributed by atoms with E-state index in [1.54, 1.807) is 24.5 Å². The molecular formula is C18H20N2O. The molecule has 21 heavy (non-hydrogen) atoms. The maximum atomic E-state index is 12.0. The van der Waals surface area contributed by atoms with E-state index in [1.165, 1.54) is 18.4 Å². The SMILES string of the molecule is O=C(NCCC(c1ccccc1)C1CC1)c1cccnc1. The van der Waals surface area contributed by atoms with Gasteiger partial charge in [0.2, 0.25) is 0 Å². The van der Waals surface area contributed by atoms with Crippen molar-refractivity contribution in [1.82, 2.24) is 10.3 Å². The second-order valence-electron chi connectivity index (χ2n) is 5.64. The first-order valence-corrected chi connectivity index (χ1v) is 7.58. The lowest BCUT2D eigenvalue weighted by Gasteiger charge is -2.17. The smallest absolute Gasteiger partial charge is 0.252 e. The number of aromatic nitrogens is 1. The predicted octanol–water partition coefficient (Wildman–Crippen LogP) is 3.40. The normalized spacial score (nSPS) is 15.4. The van der Waals surface area contributed by atoms with Crippen molar-refractivity contribution in [2.45, 2.75) is 25.2 Å². The maximum absolute atomic E-state index is 12.0. The van der Waals surface area contributed by atoms with Crippen molar-refractivity contribution in [3.8, 4) is 0 Å². The van der Waals surface area contributed by atoms with E-state index in [0.29, 0.717) is 18.0 Å². The zero-order valence-electron chi connectivity index (χ0n) is 12.0. The number of benzene rings is 1. The van der Waals surface area contributed by atoms with E-state index in [4.69, 9.17) is 0 Å². The van der Waals surface area contributed by atoms with E-state index in [0.717, 1.165) is 12.3 Å². The van der Waals surface area contributed by atoms with Gasteiger partial charge in [0.15, 0.2) is 0 Å². The zero-order valence-corrected chi connectivity index (χ0v) is 12.0. The number of amides is 1. The summed E-state index contributed by atoms with van der Waals surface area (Å²) in [6, 6.07) is 14.2. The van der Waals surface area contributed by atoms with E-state index in [2.05, 4.69) is 40.6 Å². The molecule has 1 aromatic carbocycles. The molecule has 1 aliphatic rings. The molecule has 0 spiro atoms. The van der Waals surface area contributed by atoms with Crippen LogP contribution in [0.25, 0.3) is 0 Å². The molecule has 3 rings (SSSR count). The van der Waals surface area contributed by atoms with Gasteiger partial charge in [-0.2, -0.15) is 0 Å². The van der Waals surface area contributed by atoms with Crippen LogP contribution in [0, 0.1) is 5.92 Å².